The van der Waals surface area contributed by atoms with Gasteiger partial charge in [0.1, 0.15) is 11.4 Å². The molecule has 3 N–H and O–H groups in total. The van der Waals surface area contributed by atoms with E-state index in [4.69, 9.17) is 4.74 Å². The number of hydrogen-bond donors (Lipinski definition) is 3. The molecule has 0 aliphatic carbocycles. The van der Waals surface area contributed by atoms with Gasteiger partial charge >= 0.3 is 0 Å². The molecule has 0 aliphatic heterocycles. The first-order valence-electron chi connectivity index (χ1n) is 14.4. The normalized spacial score (nSPS) is 11.8. The van der Waals surface area contributed by atoms with E-state index >= 15 is 0 Å². The fourth-order valence-electron chi connectivity index (χ4n) is 4.48. The standard InChI is InChI=1S/C34H29N5O6S2/c1-3-29(33(42)38-34-37-26-17-16-24(45-2)20-30(26)47-34)46-25-14-9-13-23(19-25)35-32(41)27(36-31(40)21-10-5-4-6-11-21)18-22-12-7-8-15-28(22)39(43)44/h4-20,29H,3H2,1-2H3,(H,35,41)(H,36,40)(H,37,38,42)/b27-18+. The van der Waals surface area contributed by atoms with E-state index < -0.39 is 22.0 Å². The van der Waals surface area contributed by atoms with Crippen LogP contribution in [-0.2, 0) is 9.59 Å². The number of ether oxygens (including phenoxy) is 1. The highest BCUT2D eigenvalue weighted by atomic mass is 32.2. The summed E-state index contributed by atoms with van der Waals surface area (Å²) in [7, 11) is 1.59. The van der Waals surface area contributed by atoms with Crippen molar-refractivity contribution in [2.45, 2.75) is 23.5 Å². The van der Waals surface area contributed by atoms with E-state index in [9.17, 15) is 24.5 Å². The van der Waals surface area contributed by atoms with Crippen LogP contribution in [-0.4, -0.2) is 40.0 Å². The lowest BCUT2D eigenvalue weighted by Crippen LogP contribution is -2.30. The minimum atomic E-state index is -0.688. The minimum Gasteiger partial charge on any atom is -0.497 e. The lowest BCUT2D eigenvalue weighted by Gasteiger charge is -2.15. The Morgan fingerprint density at radius 1 is 0.979 bits per heavy atom. The van der Waals surface area contributed by atoms with Gasteiger partial charge in [0.25, 0.3) is 17.5 Å². The van der Waals surface area contributed by atoms with Crippen molar-refractivity contribution >= 4 is 73.6 Å². The third kappa shape index (κ3) is 8.39. The summed E-state index contributed by atoms with van der Waals surface area (Å²) in [4.78, 5) is 56.0. The number of nitro benzene ring substituents is 1. The summed E-state index contributed by atoms with van der Waals surface area (Å²) < 4.78 is 6.16. The Labute approximate surface area is 278 Å². The average Bonchev–Trinajstić information content (AvgIpc) is 3.48. The molecule has 5 rings (SSSR count). The molecular formula is C34H29N5O6S2. The first-order valence-corrected chi connectivity index (χ1v) is 16.1. The summed E-state index contributed by atoms with van der Waals surface area (Å²) in [6.45, 7) is 1.90. The number of rotatable bonds is 12. The molecule has 1 atom stereocenters. The molecule has 238 valence electrons. The second-order valence-corrected chi connectivity index (χ2v) is 12.3. The molecule has 5 aromatic rings. The zero-order valence-corrected chi connectivity index (χ0v) is 26.9. The second-order valence-electron chi connectivity index (χ2n) is 10.0. The van der Waals surface area contributed by atoms with Gasteiger partial charge in [-0.15, -0.1) is 11.8 Å². The number of nitrogens with zero attached hydrogens (tertiary/aromatic N) is 2. The number of carbonyl (C=O) groups is 3. The van der Waals surface area contributed by atoms with Crippen molar-refractivity contribution in [1.29, 1.82) is 0 Å². The quantitative estimate of drug-likeness (QED) is 0.0550. The van der Waals surface area contributed by atoms with Gasteiger partial charge in [0.15, 0.2) is 5.13 Å². The van der Waals surface area contributed by atoms with E-state index in [0.717, 1.165) is 15.1 Å². The Morgan fingerprint density at radius 3 is 2.49 bits per heavy atom. The minimum absolute atomic E-state index is 0.143. The monoisotopic (exact) mass is 667 g/mol. The molecule has 47 heavy (non-hydrogen) atoms. The molecule has 0 bridgehead atoms. The zero-order chi connectivity index (χ0) is 33.3. The van der Waals surface area contributed by atoms with E-state index in [1.807, 2.05) is 31.2 Å². The van der Waals surface area contributed by atoms with E-state index in [0.29, 0.717) is 28.6 Å². The summed E-state index contributed by atoms with van der Waals surface area (Å²) in [5, 5.41) is 19.9. The average molecular weight is 668 g/mol. The summed E-state index contributed by atoms with van der Waals surface area (Å²) in [5.74, 6) is -0.752. The number of fused-ring (bicyclic) bond motifs is 1. The summed E-state index contributed by atoms with van der Waals surface area (Å²) >= 11 is 2.68. The van der Waals surface area contributed by atoms with Crippen LogP contribution in [0.25, 0.3) is 16.3 Å². The number of nitro groups is 1. The van der Waals surface area contributed by atoms with E-state index in [2.05, 4.69) is 20.9 Å². The molecule has 1 heterocycles. The predicted octanol–water partition coefficient (Wildman–Crippen LogP) is 7.13. The van der Waals surface area contributed by atoms with E-state index in [1.165, 1.54) is 47.4 Å². The Balaban J connectivity index is 1.32. The van der Waals surface area contributed by atoms with Crippen LogP contribution in [0.5, 0.6) is 5.75 Å². The maximum atomic E-state index is 13.5. The van der Waals surface area contributed by atoms with Crippen LogP contribution in [0.2, 0.25) is 0 Å². The molecular weight excluding hydrogens is 639 g/mol. The van der Waals surface area contributed by atoms with Gasteiger partial charge in [-0.2, -0.15) is 0 Å². The van der Waals surface area contributed by atoms with Crippen LogP contribution in [0.15, 0.2) is 108 Å². The number of thioether (sulfide) groups is 1. The van der Waals surface area contributed by atoms with Crippen LogP contribution >= 0.6 is 23.1 Å². The Hall–Kier alpha value is -5.53. The van der Waals surface area contributed by atoms with Crippen molar-refractivity contribution in [3.63, 3.8) is 0 Å². The SMILES string of the molecule is CCC(Sc1cccc(NC(=O)/C(=C\c2ccccc2[N+](=O)[O-])NC(=O)c2ccccc2)c1)C(=O)Nc1nc2ccc(OC)cc2s1. The van der Waals surface area contributed by atoms with Crippen LogP contribution in [0.1, 0.15) is 29.3 Å². The number of amides is 3. The van der Waals surface area contributed by atoms with Gasteiger partial charge in [0.2, 0.25) is 5.91 Å². The van der Waals surface area contributed by atoms with Crippen molar-refractivity contribution in [2.24, 2.45) is 0 Å². The Bertz CT molecular complexity index is 1980. The van der Waals surface area contributed by atoms with Crippen LogP contribution in [0.3, 0.4) is 0 Å². The van der Waals surface area contributed by atoms with Crippen molar-refractivity contribution in [3.8, 4) is 5.75 Å². The number of aromatic nitrogens is 1. The molecule has 1 aromatic heterocycles. The number of benzene rings is 4. The van der Waals surface area contributed by atoms with Crippen LogP contribution in [0, 0.1) is 10.1 Å². The van der Waals surface area contributed by atoms with Crippen LogP contribution < -0.4 is 20.7 Å². The maximum absolute atomic E-state index is 13.5. The van der Waals surface area contributed by atoms with Crippen molar-refractivity contribution in [3.05, 3.63) is 124 Å². The van der Waals surface area contributed by atoms with Crippen molar-refractivity contribution < 1.29 is 24.0 Å². The molecule has 11 nitrogen and oxygen atoms in total. The molecule has 13 heteroatoms. The van der Waals surface area contributed by atoms with Gasteiger partial charge in [0, 0.05) is 22.2 Å². The lowest BCUT2D eigenvalue weighted by molar-refractivity contribution is -0.385. The smallest absolute Gasteiger partial charge is 0.276 e. The summed E-state index contributed by atoms with van der Waals surface area (Å²) in [5.41, 5.74) is 1.19. The number of thiazole rings is 1. The third-order valence-electron chi connectivity index (χ3n) is 6.82. The molecule has 1 unspecified atom stereocenters. The van der Waals surface area contributed by atoms with Gasteiger partial charge in [-0.1, -0.05) is 54.7 Å². The van der Waals surface area contributed by atoms with Crippen LogP contribution in [0.4, 0.5) is 16.5 Å². The maximum Gasteiger partial charge on any atom is 0.276 e. The fourth-order valence-corrected chi connectivity index (χ4v) is 6.39. The molecule has 0 radical (unpaired) electrons. The number of nitrogens with one attached hydrogen (secondary N) is 3. The highest BCUT2D eigenvalue weighted by Gasteiger charge is 2.21. The molecule has 0 saturated carbocycles. The number of anilines is 2. The van der Waals surface area contributed by atoms with Gasteiger partial charge in [-0.3, -0.25) is 24.5 Å². The number of carbonyl (C=O) groups excluding carboxylic acids is 3. The zero-order valence-electron chi connectivity index (χ0n) is 25.3. The van der Waals surface area contributed by atoms with Crippen molar-refractivity contribution in [2.75, 3.05) is 17.7 Å². The number of methoxy groups -OCH3 is 1. The highest BCUT2D eigenvalue weighted by molar-refractivity contribution is 8.00. The topological polar surface area (TPSA) is 153 Å². The highest BCUT2D eigenvalue weighted by Crippen LogP contribution is 2.32. The number of hydrogen-bond acceptors (Lipinski definition) is 9. The Kier molecular flexibility index (Phi) is 10.6. The molecule has 0 fully saturated rings. The van der Waals surface area contributed by atoms with Gasteiger partial charge < -0.3 is 20.7 Å². The van der Waals surface area contributed by atoms with Crippen molar-refractivity contribution in [1.82, 2.24) is 10.3 Å². The van der Waals surface area contributed by atoms with Gasteiger partial charge in [0.05, 0.1) is 33.1 Å². The van der Waals surface area contributed by atoms with Gasteiger partial charge in [-0.25, -0.2) is 4.98 Å². The van der Waals surface area contributed by atoms with E-state index in [1.54, 1.807) is 61.7 Å². The van der Waals surface area contributed by atoms with E-state index in [-0.39, 0.29) is 22.9 Å². The molecule has 0 saturated heterocycles. The second kappa shape index (κ2) is 15.2. The predicted molar refractivity (Wildman–Crippen MR) is 185 cm³/mol. The lowest BCUT2D eigenvalue weighted by atomic mass is 10.1. The first kappa shape index (κ1) is 32.9. The Morgan fingerprint density at radius 2 is 1.74 bits per heavy atom. The summed E-state index contributed by atoms with van der Waals surface area (Å²) in [6.07, 6.45) is 1.79. The fraction of sp³-hybridized carbons (Fsp3) is 0.118. The molecule has 0 spiro atoms. The molecule has 4 aromatic carbocycles. The summed E-state index contributed by atoms with van der Waals surface area (Å²) in [6, 6.07) is 26.7. The van der Waals surface area contributed by atoms with Gasteiger partial charge in [-0.05, 0) is 67.1 Å². The third-order valence-corrected chi connectivity index (χ3v) is 9.11. The number of para-hydroxylation sites is 1. The first-order chi connectivity index (χ1) is 22.7. The molecule has 3 amide bonds. The molecule has 0 aliphatic rings. The largest absolute Gasteiger partial charge is 0.497 e.